The first-order chi connectivity index (χ1) is 15.7. The average molecular weight is 463 g/mol. The maximum absolute atomic E-state index is 12.4. The minimum Gasteiger partial charge on any atom is -0.379 e. The van der Waals surface area contributed by atoms with Crippen molar-refractivity contribution in [2.45, 2.75) is 11.8 Å². The highest BCUT2D eigenvalue weighted by molar-refractivity contribution is 7.87. The van der Waals surface area contributed by atoms with Gasteiger partial charge >= 0.3 is 10.1 Å². The number of carbonyl (C=O) groups is 1. The number of carbonyl (C=O) groups excluding carboxylic acids is 1. The summed E-state index contributed by atoms with van der Waals surface area (Å²) in [5.41, 5.74) is 1.53. The van der Waals surface area contributed by atoms with Gasteiger partial charge in [-0.25, -0.2) is 0 Å². The van der Waals surface area contributed by atoms with Crippen LogP contribution >= 0.6 is 0 Å². The molecule has 166 valence electrons. The van der Waals surface area contributed by atoms with Crippen molar-refractivity contribution >= 4 is 33.5 Å². The van der Waals surface area contributed by atoms with Gasteiger partial charge in [-0.05, 0) is 54.5 Å². The number of hydrogen-bond donors (Lipinski definition) is 1. The molecule has 3 aromatic rings. The third-order valence-electron chi connectivity index (χ3n) is 4.49. The van der Waals surface area contributed by atoms with Crippen LogP contribution in [0.5, 0.6) is 5.75 Å². The maximum Gasteiger partial charge on any atom is 0.339 e. The van der Waals surface area contributed by atoms with E-state index in [1.807, 2.05) is 25.1 Å². The van der Waals surface area contributed by atoms with Crippen LogP contribution in [0.25, 0.3) is 6.08 Å². The molecule has 0 saturated carbocycles. The lowest BCUT2D eigenvalue weighted by Gasteiger charge is -2.08. The maximum atomic E-state index is 12.4. The normalized spacial score (nSPS) is 11.3. The number of benzene rings is 3. The Balaban J connectivity index is 1.74. The van der Waals surface area contributed by atoms with Crippen LogP contribution in [0, 0.1) is 28.4 Å². The largest absolute Gasteiger partial charge is 0.379 e. The Morgan fingerprint density at radius 3 is 2.27 bits per heavy atom. The van der Waals surface area contributed by atoms with Crippen LogP contribution in [0.1, 0.15) is 11.1 Å². The molecule has 9 nitrogen and oxygen atoms in total. The first kappa shape index (κ1) is 23.2. The number of nitro groups is 1. The fourth-order valence-corrected chi connectivity index (χ4v) is 3.68. The van der Waals surface area contributed by atoms with Gasteiger partial charge in [0, 0.05) is 17.8 Å². The molecule has 0 aromatic heterocycles. The summed E-state index contributed by atoms with van der Waals surface area (Å²) in [6.45, 7) is 1.83. The second-order valence-electron chi connectivity index (χ2n) is 6.80. The summed E-state index contributed by atoms with van der Waals surface area (Å²) in [7, 11) is -4.20. The van der Waals surface area contributed by atoms with Gasteiger partial charge in [0.05, 0.1) is 4.92 Å². The second-order valence-corrected chi connectivity index (χ2v) is 8.34. The van der Waals surface area contributed by atoms with Crippen LogP contribution in [0.4, 0.5) is 11.4 Å². The first-order valence-corrected chi connectivity index (χ1v) is 10.9. The predicted octanol–water partition coefficient (Wildman–Crippen LogP) is 4.22. The molecule has 0 saturated heterocycles. The zero-order valence-electron chi connectivity index (χ0n) is 17.3. The van der Waals surface area contributed by atoms with Crippen molar-refractivity contribution in [2.24, 2.45) is 0 Å². The third kappa shape index (κ3) is 5.81. The molecule has 0 bridgehead atoms. The lowest BCUT2D eigenvalue weighted by Crippen LogP contribution is -2.14. The minimum absolute atomic E-state index is 0.00614. The number of nitrogens with zero attached hydrogens (tertiary/aromatic N) is 2. The third-order valence-corrected chi connectivity index (χ3v) is 5.75. The Kier molecular flexibility index (Phi) is 6.85. The number of nitriles is 1. The van der Waals surface area contributed by atoms with Crippen molar-refractivity contribution in [1.82, 2.24) is 0 Å². The molecule has 10 heteroatoms. The number of rotatable bonds is 7. The number of para-hydroxylation sites is 1. The molecule has 1 amide bonds. The molecule has 3 rings (SSSR count). The van der Waals surface area contributed by atoms with E-state index in [2.05, 4.69) is 5.32 Å². The highest BCUT2D eigenvalue weighted by atomic mass is 32.2. The van der Waals surface area contributed by atoms with Crippen LogP contribution in [0.3, 0.4) is 0 Å². The minimum atomic E-state index is -4.20. The molecule has 1 N–H and O–H groups in total. The van der Waals surface area contributed by atoms with Gasteiger partial charge in [0.2, 0.25) is 0 Å². The van der Waals surface area contributed by atoms with Crippen LogP contribution in [0.2, 0.25) is 0 Å². The lowest BCUT2D eigenvalue weighted by atomic mass is 10.1. The summed E-state index contributed by atoms with van der Waals surface area (Å²) < 4.78 is 29.8. The molecule has 0 aliphatic carbocycles. The molecule has 0 aliphatic heterocycles. The number of nitrogens with one attached hydrogen (secondary N) is 1. The summed E-state index contributed by atoms with van der Waals surface area (Å²) in [4.78, 5) is 22.3. The Morgan fingerprint density at radius 2 is 1.70 bits per heavy atom. The van der Waals surface area contributed by atoms with E-state index in [4.69, 9.17) is 4.18 Å². The quantitative estimate of drug-likeness (QED) is 0.182. The smallest absolute Gasteiger partial charge is 0.339 e. The second kappa shape index (κ2) is 9.76. The topological polar surface area (TPSA) is 139 Å². The molecule has 0 radical (unpaired) electrons. The van der Waals surface area contributed by atoms with E-state index in [1.54, 1.807) is 12.1 Å². The van der Waals surface area contributed by atoms with Crippen molar-refractivity contribution in [1.29, 1.82) is 5.26 Å². The van der Waals surface area contributed by atoms with Gasteiger partial charge < -0.3 is 9.50 Å². The van der Waals surface area contributed by atoms with Crippen molar-refractivity contribution in [3.8, 4) is 11.8 Å². The van der Waals surface area contributed by atoms with Gasteiger partial charge in [-0.1, -0.05) is 30.3 Å². The lowest BCUT2D eigenvalue weighted by molar-refractivity contribution is -0.384. The van der Waals surface area contributed by atoms with Gasteiger partial charge in [0.25, 0.3) is 11.6 Å². The van der Waals surface area contributed by atoms with Gasteiger partial charge in [0.1, 0.15) is 22.3 Å². The number of nitro benzene ring substituents is 1. The summed E-state index contributed by atoms with van der Waals surface area (Å²) >= 11 is 0. The van der Waals surface area contributed by atoms with Crippen molar-refractivity contribution < 1.29 is 22.3 Å². The van der Waals surface area contributed by atoms with Crippen molar-refractivity contribution in [3.05, 3.63) is 99.6 Å². The van der Waals surface area contributed by atoms with E-state index in [0.29, 0.717) is 11.3 Å². The SMILES string of the molecule is Cc1ccccc1NC(=O)/C(C#N)=C/c1ccc(OS(=O)(=O)c2ccc([N+](=O)[O-])cc2)cc1. The number of hydrogen-bond acceptors (Lipinski definition) is 7. The predicted molar refractivity (Wildman–Crippen MR) is 121 cm³/mol. The Labute approximate surface area is 189 Å². The molecule has 33 heavy (non-hydrogen) atoms. The summed E-state index contributed by atoms with van der Waals surface area (Å²) in [6, 6.07) is 19.0. The monoisotopic (exact) mass is 463 g/mol. The molecular formula is C23H17N3O6S. The van der Waals surface area contributed by atoms with E-state index in [9.17, 15) is 28.6 Å². The van der Waals surface area contributed by atoms with Gasteiger partial charge in [-0.15, -0.1) is 0 Å². The number of amides is 1. The first-order valence-electron chi connectivity index (χ1n) is 9.47. The summed E-state index contributed by atoms with van der Waals surface area (Å²) in [5, 5.41) is 22.8. The highest BCUT2D eigenvalue weighted by Crippen LogP contribution is 2.22. The molecule has 0 aliphatic rings. The van der Waals surface area contributed by atoms with E-state index in [0.717, 1.165) is 29.8 Å². The van der Waals surface area contributed by atoms with Crippen LogP contribution in [-0.2, 0) is 14.9 Å². The average Bonchev–Trinajstić information content (AvgIpc) is 2.80. The molecule has 0 atom stereocenters. The zero-order valence-corrected chi connectivity index (χ0v) is 18.1. The molecule has 0 spiro atoms. The fraction of sp³-hybridized carbons (Fsp3) is 0.0435. The Bertz CT molecular complexity index is 1370. The summed E-state index contributed by atoms with van der Waals surface area (Å²) in [6.07, 6.45) is 1.36. The molecule has 0 heterocycles. The summed E-state index contributed by atoms with van der Waals surface area (Å²) in [5.74, 6) is -0.582. The van der Waals surface area contributed by atoms with Crippen molar-refractivity contribution in [2.75, 3.05) is 5.32 Å². The highest BCUT2D eigenvalue weighted by Gasteiger charge is 2.18. The van der Waals surface area contributed by atoms with Gasteiger partial charge in [0.15, 0.2) is 0 Å². The number of anilines is 1. The van der Waals surface area contributed by atoms with E-state index >= 15 is 0 Å². The van der Waals surface area contributed by atoms with Crippen LogP contribution < -0.4 is 9.50 Å². The molecule has 3 aromatic carbocycles. The fourth-order valence-electron chi connectivity index (χ4n) is 2.75. The molecule has 0 unspecified atom stereocenters. The van der Waals surface area contributed by atoms with Crippen molar-refractivity contribution in [3.63, 3.8) is 0 Å². The van der Waals surface area contributed by atoms with Gasteiger partial charge in [-0.2, -0.15) is 13.7 Å². The van der Waals surface area contributed by atoms with E-state index in [1.165, 1.54) is 30.3 Å². The molecule has 0 fully saturated rings. The molecular weight excluding hydrogens is 446 g/mol. The number of non-ortho nitro benzene ring substituents is 1. The standard InChI is InChI=1S/C23H17N3O6S/c1-16-4-2-3-5-22(16)25-23(27)18(15-24)14-17-6-10-20(11-7-17)32-33(30,31)21-12-8-19(9-13-21)26(28)29/h2-14H,1H3,(H,25,27)/b18-14+. The van der Waals surface area contributed by atoms with Gasteiger partial charge in [-0.3, -0.25) is 14.9 Å². The van der Waals surface area contributed by atoms with E-state index in [-0.39, 0.29) is 21.9 Å². The number of aryl methyl sites for hydroxylation is 1. The zero-order chi connectivity index (χ0) is 24.0. The van der Waals surface area contributed by atoms with Crippen LogP contribution in [0.15, 0.2) is 83.3 Å². The van der Waals surface area contributed by atoms with Crippen LogP contribution in [-0.4, -0.2) is 19.2 Å². The Hall–Kier alpha value is -4.49. The van der Waals surface area contributed by atoms with E-state index < -0.39 is 20.9 Å². The Morgan fingerprint density at radius 1 is 1.06 bits per heavy atom.